The maximum atomic E-state index is 11.7. The van der Waals surface area contributed by atoms with Gasteiger partial charge >= 0.3 is 0 Å². The second-order valence-electron chi connectivity index (χ2n) is 4.54. The fourth-order valence-corrected chi connectivity index (χ4v) is 3.24. The van der Waals surface area contributed by atoms with E-state index in [-0.39, 0.29) is 23.8 Å². The molecule has 5 nitrogen and oxygen atoms in total. The van der Waals surface area contributed by atoms with Gasteiger partial charge in [-0.15, -0.1) is 0 Å². The van der Waals surface area contributed by atoms with Crippen molar-refractivity contribution in [1.82, 2.24) is 0 Å². The predicted octanol–water partition coefficient (Wildman–Crippen LogP) is 2.47. The molecule has 0 aliphatic rings. The van der Waals surface area contributed by atoms with E-state index in [4.69, 9.17) is 17.3 Å². The molecule has 0 atom stereocenters. The summed E-state index contributed by atoms with van der Waals surface area (Å²) >= 11 is 5.78. The molecule has 1 aromatic rings. The van der Waals surface area contributed by atoms with Gasteiger partial charge in [-0.05, 0) is 31.0 Å². The molecule has 0 aliphatic carbocycles. The number of nitrogens with one attached hydrogen (secondary N) is 1. The summed E-state index contributed by atoms with van der Waals surface area (Å²) in [4.78, 5) is 11.7. The molecule has 0 radical (unpaired) electrons. The number of halogens is 1. The van der Waals surface area contributed by atoms with E-state index in [2.05, 4.69) is 5.32 Å². The molecular weight excluding hydrogens is 300 g/mol. The summed E-state index contributed by atoms with van der Waals surface area (Å²) < 4.78 is 23.0. The minimum absolute atomic E-state index is 0.0387. The van der Waals surface area contributed by atoms with Crippen molar-refractivity contribution in [2.75, 3.05) is 22.6 Å². The van der Waals surface area contributed by atoms with Crippen LogP contribution in [-0.4, -0.2) is 25.8 Å². The Hall–Kier alpha value is -1.27. The molecule has 112 valence electrons. The molecule has 0 saturated carbocycles. The molecule has 0 unspecified atom stereocenters. The number of nitrogens with two attached hydrogens (primary N) is 1. The first-order chi connectivity index (χ1) is 9.34. The fraction of sp³-hybridized carbons (Fsp3) is 0.462. The first-order valence-electron chi connectivity index (χ1n) is 6.39. The SMILES string of the molecule is CCCS(=O)(=O)CCCC(=O)Nc1ccc(Cl)c(N)c1. The summed E-state index contributed by atoms with van der Waals surface area (Å²) in [5.41, 5.74) is 6.56. The van der Waals surface area contributed by atoms with Crippen LogP contribution in [0.25, 0.3) is 0 Å². The molecule has 0 spiro atoms. The van der Waals surface area contributed by atoms with Crippen molar-refractivity contribution in [3.63, 3.8) is 0 Å². The number of nitrogen functional groups attached to an aromatic ring is 1. The van der Waals surface area contributed by atoms with Crippen LogP contribution >= 0.6 is 11.6 Å². The van der Waals surface area contributed by atoms with Crippen LogP contribution in [0, 0.1) is 0 Å². The van der Waals surface area contributed by atoms with E-state index < -0.39 is 9.84 Å². The lowest BCUT2D eigenvalue weighted by Gasteiger charge is -2.07. The van der Waals surface area contributed by atoms with Gasteiger partial charge in [-0.3, -0.25) is 4.79 Å². The number of carbonyl (C=O) groups is 1. The Morgan fingerprint density at radius 1 is 1.35 bits per heavy atom. The molecule has 0 bridgehead atoms. The molecule has 7 heteroatoms. The molecule has 1 aromatic carbocycles. The number of hydrogen-bond acceptors (Lipinski definition) is 4. The van der Waals surface area contributed by atoms with Gasteiger partial charge in [0, 0.05) is 17.9 Å². The Balaban J connectivity index is 2.42. The van der Waals surface area contributed by atoms with Gasteiger partial charge < -0.3 is 11.1 Å². The Bertz CT molecular complexity index is 573. The lowest BCUT2D eigenvalue weighted by Crippen LogP contribution is -2.15. The number of sulfone groups is 1. The van der Waals surface area contributed by atoms with Crippen molar-refractivity contribution in [3.8, 4) is 0 Å². The number of amides is 1. The van der Waals surface area contributed by atoms with E-state index >= 15 is 0 Å². The maximum absolute atomic E-state index is 11.7. The number of benzene rings is 1. The van der Waals surface area contributed by atoms with Gasteiger partial charge in [0.15, 0.2) is 0 Å². The first-order valence-corrected chi connectivity index (χ1v) is 8.59. The highest BCUT2D eigenvalue weighted by Gasteiger charge is 2.11. The van der Waals surface area contributed by atoms with Gasteiger partial charge in [-0.2, -0.15) is 0 Å². The molecule has 0 fully saturated rings. The molecule has 3 N–H and O–H groups in total. The van der Waals surface area contributed by atoms with E-state index in [1.54, 1.807) is 18.2 Å². The van der Waals surface area contributed by atoms with E-state index in [0.717, 1.165) is 0 Å². The van der Waals surface area contributed by atoms with E-state index in [9.17, 15) is 13.2 Å². The topological polar surface area (TPSA) is 89.3 Å². The van der Waals surface area contributed by atoms with Crippen molar-refractivity contribution < 1.29 is 13.2 Å². The fourth-order valence-electron chi connectivity index (χ4n) is 1.71. The monoisotopic (exact) mass is 318 g/mol. The van der Waals surface area contributed by atoms with Gasteiger partial charge in [0.05, 0.1) is 16.5 Å². The summed E-state index contributed by atoms with van der Waals surface area (Å²) in [7, 11) is -3.03. The molecular formula is C13H19ClN2O3S. The molecule has 1 amide bonds. The van der Waals surface area contributed by atoms with Crippen molar-refractivity contribution in [3.05, 3.63) is 23.2 Å². The molecule has 1 rings (SSSR count). The van der Waals surface area contributed by atoms with Crippen molar-refractivity contribution in [2.24, 2.45) is 0 Å². The highest BCUT2D eigenvalue weighted by atomic mass is 35.5. The average molecular weight is 319 g/mol. The van der Waals surface area contributed by atoms with Crippen LogP contribution in [0.2, 0.25) is 5.02 Å². The second kappa shape index (κ2) is 7.50. The zero-order valence-electron chi connectivity index (χ0n) is 11.4. The van der Waals surface area contributed by atoms with Gasteiger partial charge in [0.25, 0.3) is 0 Å². The normalized spacial score (nSPS) is 11.3. The zero-order chi connectivity index (χ0) is 15.2. The number of rotatable bonds is 7. The van der Waals surface area contributed by atoms with Crippen molar-refractivity contribution >= 4 is 38.7 Å². The minimum Gasteiger partial charge on any atom is -0.397 e. The standard InChI is InChI=1S/C13H19ClN2O3S/c1-2-7-20(18,19)8-3-4-13(17)16-10-5-6-11(14)12(15)9-10/h5-6,9H,2-4,7-8,15H2,1H3,(H,16,17). The van der Waals surface area contributed by atoms with Crippen molar-refractivity contribution in [1.29, 1.82) is 0 Å². The molecule has 0 heterocycles. The molecule has 20 heavy (non-hydrogen) atoms. The molecule has 0 aromatic heterocycles. The highest BCUT2D eigenvalue weighted by molar-refractivity contribution is 7.91. The van der Waals surface area contributed by atoms with Gasteiger partial charge in [-0.1, -0.05) is 18.5 Å². The van der Waals surface area contributed by atoms with E-state index in [1.165, 1.54) is 0 Å². The highest BCUT2D eigenvalue weighted by Crippen LogP contribution is 2.22. The van der Waals surface area contributed by atoms with Crippen LogP contribution in [0.1, 0.15) is 26.2 Å². The third kappa shape index (κ3) is 5.79. The van der Waals surface area contributed by atoms with Crippen LogP contribution in [-0.2, 0) is 14.6 Å². The lowest BCUT2D eigenvalue weighted by molar-refractivity contribution is -0.116. The third-order valence-corrected chi connectivity index (χ3v) is 4.94. The summed E-state index contributed by atoms with van der Waals surface area (Å²) in [6.45, 7) is 1.81. The minimum atomic E-state index is -3.03. The predicted molar refractivity (Wildman–Crippen MR) is 82.7 cm³/mol. The van der Waals surface area contributed by atoms with Gasteiger partial charge in [-0.25, -0.2) is 8.42 Å². The summed E-state index contributed by atoms with van der Waals surface area (Å²) in [6, 6.07) is 4.80. The average Bonchev–Trinajstić information content (AvgIpc) is 2.33. The lowest BCUT2D eigenvalue weighted by atomic mass is 10.2. The smallest absolute Gasteiger partial charge is 0.224 e. The van der Waals surface area contributed by atoms with E-state index in [1.807, 2.05) is 6.92 Å². The Morgan fingerprint density at radius 3 is 2.65 bits per heavy atom. The first kappa shape index (κ1) is 16.8. The van der Waals surface area contributed by atoms with Gasteiger partial charge in [0.2, 0.25) is 5.91 Å². The molecule has 0 saturated heterocycles. The quantitative estimate of drug-likeness (QED) is 0.756. The van der Waals surface area contributed by atoms with Crippen LogP contribution in [0.5, 0.6) is 0 Å². The Labute approximate surface area is 124 Å². The van der Waals surface area contributed by atoms with Crippen LogP contribution in [0.15, 0.2) is 18.2 Å². The van der Waals surface area contributed by atoms with Crippen LogP contribution in [0.3, 0.4) is 0 Å². The second-order valence-corrected chi connectivity index (χ2v) is 7.25. The third-order valence-electron chi connectivity index (χ3n) is 2.65. The number of anilines is 2. The van der Waals surface area contributed by atoms with Crippen LogP contribution < -0.4 is 11.1 Å². The van der Waals surface area contributed by atoms with E-state index in [0.29, 0.717) is 29.2 Å². The number of hydrogen-bond donors (Lipinski definition) is 2. The Morgan fingerprint density at radius 2 is 2.05 bits per heavy atom. The van der Waals surface area contributed by atoms with Gasteiger partial charge in [0.1, 0.15) is 9.84 Å². The summed E-state index contributed by atoms with van der Waals surface area (Å²) in [6.07, 6.45) is 1.07. The molecule has 0 aliphatic heterocycles. The summed E-state index contributed by atoms with van der Waals surface area (Å²) in [5.74, 6) is -0.0299. The maximum Gasteiger partial charge on any atom is 0.224 e. The van der Waals surface area contributed by atoms with Crippen molar-refractivity contribution in [2.45, 2.75) is 26.2 Å². The zero-order valence-corrected chi connectivity index (χ0v) is 12.9. The van der Waals surface area contributed by atoms with Crippen LogP contribution in [0.4, 0.5) is 11.4 Å². The summed E-state index contributed by atoms with van der Waals surface area (Å²) in [5, 5.41) is 3.08. The number of carbonyl (C=O) groups excluding carboxylic acids is 1. The largest absolute Gasteiger partial charge is 0.397 e. The Kier molecular flexibility index (Phi) is 6.29.